The van der Waals surface area contributed by atoms with Crippen molar-refractivity contribution in [1.29, 1.82) is 0 Å². The fraction of sp³-hybridized carbons (Fsp3) is 0.292. The molecule has 0 unspecified atom stereocenters. The number of hydrogen-bond acceptors (Lipinski definition) is 5. The van der Waals surface area contributed by atoms with Crippen LogP contribution in [0.1, 0.15) is 0 Å². The van der Waals surface area contributed by atoms with Crippen molar-refractivity contribution in [1.82, 2.24) is 28.2 Å². The van der Waals surface area contributed by atoms with Crippen LogP contribution in [0.2, 0.25) is 0 Å². The molecule has 35 heavy (non-hydrogen) atoms. The van der Waals surface area contributed by atoms with E-state index >= 15 is 0 Å². The summed E-state index contributed by atoms with van der Waals surface area (Å²) < 4.78 is 27.8. The van der Waals surface area contributed by atoms with Gasteiger partial charge in [0.2, 0.25) is 0 Å². The van der Waals surface area contributed by atoms with Gasteiger partial charge in [0.1, 0.15) is 11.5 Å². The van der Waals surface area contributed by atoms with Crippen LogP contribution < -0.4 is 10.6 Å². The van der Waals surface area contributed by atoms with Gasteiger partial charge in [-0.15, -0.1) is 0 Å². The van der Waals surface area contributed by atoms with Crippen LogP contribution in [-0.4, -0.2) is 54.5 Å². The predicted octanol–water partition coefficient (Wildman–Crippen LogP) is 3.35. The Balaban J connectivity index is 1.72. The smallest absolute Gasteiger partial charge is 0.328 e. The summed E-state index contributed by atoms with van der Waals surface area (Å²) in [6, 6.07) is 7.17. The number of aromatic nitrogens is 6. The first-order valence-corrected chi connectivity index (χ1v) is 12.0. The lowest BCUT2D eigenvalue weighted by molar-refractivity contribution is 0.123. The number of morpholine rings is 1. The zero-order valence-electron chi connectivity index (χ0n) is 19.5. The predicted molar refractivity (Wildman–Crippen MR) is 136 cm³/mol. The second kappa shape index (κ2) is 8.06. The Hall–Kier alpha value is -3.44. The number of ether oxygens (including phenoxy) is 1. The van der Waals surface area contributed by atoms with Gasteiger partial charge in [-0.2, -0.15) is 0 Å². The van der Waals surface area contributed by atoms with Crippen molar-refractivity contribution in [3.05, 3.63) is 57.6 Å². The normalized spacial score (nSPS) is 14.5. The molecule has 0 aliphatic carbocycles. The average Bonchev–Trinajstić information content (AvgIpc) is 3.50. The maximum Gasteiger partial charge on any atom is 0.328 e. The van der Waals surface area contributed by atoms with Crippen molar-refractivity contribution in [2.75, 3.05) is 31.2 Å². The lowest BCUT2D eigenvalue weighted by Gasteiger charge is -2.30. The van der Waals surface area contributed by atoms with Crippen LogP contribution in [0.5, 0.6) is 0 Å². The number of halogens is 2. The van der Waals surface area contributed by atoms with Gasteiger partial charge in [0.25, 0.3) is 0 Å². The Kier molecular flexibility index (Phi) is 5.08. The lowest BCUT2D eigenvalue weighted by Crippen LogP contribution is -2.36. The number of anilines is 1. The molecule has 4 heterocycles. The van der Waals surface area contributed by atoms with Gasteiger partial charge < -0.3 is 14.2 Å². The van der Waals surface area contributed by atoms with E-state index in [-0.39, 0.29) is 11.5 Å². The summed E-state index contributed by atoms with van der Waals surface area (Å²) in [5.41, 5.74) is 5.28. The van der Waals surface area contributed by atoms with E-state index in [1.54, 1.807) is 41.8 Å². The molecule has 1 aliphatic heterocycles. The van der Waals surface area contributed by atoms with Crippen molar-refractivity contribution >= 4 is 43.7 Å². The highest BCUT2D eigenvalue weighted by Gasteiger charge is 2.24. The van der Waals surface area contributed by atoms with E-state index in [1.165, 1.54) is 6.07 Å². The topological polar surface area (TPSA) is 75.0 Å². The molecule has 0 spiro atoms. The number of benzene rings is 2. The highest BCUT2D eigenvalue weighted by atomic mass is 79.9. The monoisotopic (exact) mass is 539 g/mol. The highest BCUT2D eigenvalue weighted by molar-refractivity contribution is 9.10. The largest absolute Gasteiger partial charge is 0.378 e. The molecule has 5 aromatic rings. The number of fused-ring (bicyclic) bond motifs is 2. The van der Waals surface area contributed by atoms with E-state index in [1.807, 2.05) is 28.3 Å². The molecule has 0 amide bonds. The van der Waals surface area contributed by atoms with Gasteiger partial charge in [-0.3, -0.25) is 13.7 Å². The van der Waals surface area contributed by atoms with E-state index in [9.17, 15) is 9.18 Å². The number of rotatable bonds is 3. The summed E-state index contributed by atoms with van der Waals surface area (Å²) in [5, 5.41) is 0. The minimum atomic E-state index is -0.378. The van der Waals surface area contributed by atoms with Crippen LogP contribution >= 0.6 is 15.9 Å². The fourth-order valence-electron chi connectivity index (χ4n) is 4.87. The second-order valence-corrected chi connectivity index (χ2v) is 9.60. The van der Waals surface area contributed by atoms with Crippen molar-refractivity contribution in [3.63, 3.8) is 0 Å². The Morgan fingerprint density at radius 2 is 1.80 bits per heavy atom. The van der Waals surface area contributed by atoms with Gasteiger partial charge in [-0.05, 0) is 34.1 Å². The summed E-state index contributed by atoms with van der Waals surface area (Å²) in [4.78, 5) is 24.3. The number of aryl methyl sites for hydroxylation is 3. The molecule has 1 fully saturated rings. The minimum absolute atomic E-state index is 0.107. The second-order valence-electron chi connectivity index (χ2n) is 8.75. The van der Waals surface area contributed by atoms with Gasteiger partial charge in [0.15, 0.2) is 5.82 Å². The SMILES string of the molecule is Cn1cncc1-c1nc2cc(Br)c(F)cc2n1-c1cc(N2CCOCC2)c2c(c1)n(C)c(=O)n2C. The summed E-state index contributed by atoms with van der Waals surface area (Å²) in [6.07, 6.45) is 3.45. The molecule has 1 saturated heterocycles. The van der Waals surface area contributed by atoms with E-state index < -0.39 is 0 Å². The number of nitrogens with zero attached hydrogens (tertiary/aromatic N) is 7. The zero-order chi connectivity index (χ0) is 24.4. The van der Waals surface area contributed by atoms with Crippen LogP contribution in [0.4, 0.5) is 10.1 Å². The molecule has 0 bridgehead atoms. The Bertz CT molecular complexity index is 1670. The van der Waals surface area contributed by atoms with Crippen molar-refractivity contribution in [2.24, 2.45) is 21.1 Å². The first-order valence-electron chi connectivity index (χ1n) is 11.2. The minimum Gasteiger partial charge on any atom is -0.378 e. The third-order valence-corrected chi connectivity index (χ3v) is 7.29. The molecule has 9 nitrogen and oxygen atoms in total. The van der Waals surface area contributed by atoms with E-state index in [0.29, 0.717) is 47.6 Å². The van der Waals surface area contributed by atoms with Crippen molar-refractivity contribution in [3.8, 4) is 17.2 Å². The molecule has 0 atom stereocenters. The van der Waals surface area contributed by atoms with Crippen LogP contribution in [0.25, 0.3) is 39.3 Å². The van der Waals surface area contributed by atoms with Crippen LogP contribution in [-0.2, 0) is 25.9 Å². The maximum absolute atomic E-state index is 14.7. The molecule has 2 aromatic carbocycles. The van der Waals surface area contributed by atoms with Crippen LogP contribution in [0.15, 0.2) is 46.1 Å². The summed E-state index contributed by atoms with van der Waals surface area (Å²) in [6.45, 7) is 2.64. The third kappa shape index (κ3) is 3.33. The molecule has 3 aromatic heterocycles. The third-order valence-electron chi connectivity index (χ3n) is 6.68. The standard InChI is InChI=1S/C24H23BrFN7O2/c1-29-13-27-12-21(29)23-28-17-10-15(25)16(26)11-18(17)33(23)14-8-19-22(31(3)24(34)30(19)2)20(9-14)32-4-6-35-7-5-32/h8-13H,4-7H2,1-3H3. The number of imidazole rings is 3. The van der Waals surface area contributed by atoms with Gasteiger partial charge in [0, 0.05) is 40.3 Å². The summed E-state index contributed by atoms with van der Waals surface area (Å²) in [5.74, 6) is 0.252. The molecule has 1 aliphatic rings. The Morgan fingerprint density at radius 1 is 1.03 bits per heavy atom. The Labute approximate surface area is 208 Å². The zero-order valence-corrected chi connectivity index (χ0v) is 21.1. The van der Waals surface area contributed by atoms with Crippen LogP contribution in [0, 0.1) is 5.82 Å². The molecular formula is C24H23BrFN7O2. The van der Waals surface area contributed by atoms with E-state index in [4.69, 9.17) is 9.72 Å². The van der Waals surface area contributed by atoms with Crippen molar-refractivity contribution < 1.29 is 9.13 Å². The van der Waals surface area contributed by atoms with Gasteiger partial charge in [-0.1, -0.05) is 0 Å². The highest BCUT2D eigenvalue weighted by Crippen LogP contribution is 2.35. The molecule has 180 valence electrons. The molecule has 6 rings (SSSR count). The van der Waals surface area contributed by atoms with Gasteiger partial charge in [0.05, 0.1) is 63.7 Å². The van der Waals surface area contributed by atoms with Gasteiger partial charge in [-0.25, -0.2) is 19.2 Å². The molecule has 0 saturated carbocycles. The molecule has 0 N–H and O–H groups in total. The summed E-state index contributed by atoms with van der Waals surface area (Å²) >= 11 is 3.28. The Morgan fingerprint density at radius 3 is 2.51 bits per heavy atom. The van der Waals surface area contributed by atoms with E-state index in [2.05, 4.69) is 25.8 Å². The quantitative estimate of drug-likeness (QED) is 0.351. The number of hydrogen-bond donors (Lipinski definition) is 0. The van der Waals surface area contributed by atoms with Crippen LogP contribution in [0.3, 0.4) is 0 Å². The van der Waals surface area contributed by atoms with Gasteiger partial charge >= 0.3 is 5.69 Å². The summed E-state index contributed by atoms with van der Waals surface area (Å²) in [7, 11) is 5.45. The molecular weight excluding hydrogens is 517 g/mol. The van der Waals surface area contributed by atoms with E-state index in [0.717, 1.165) is 28.1 Å². The molecule has 0 radical (unpaired) electrons. The lowest BCUT2D eigenvalue weighted by atomic mass is 10.2. The maximum atomic E-state index is 14.7. The molecule has 11 heteroatoms. The average molecular weight is 540 g/mol. The fourth-order valence-corrected chi connectivity index (χ4v) is 5.20. The first kappa shape index (κ1) is 22.1. The first-order chi connectivity index (χ1) is 16.8. The van der Waals surface area contributed by atoms with Crippen molar-refractivity contribution in [2.45, 2.75) is 0 Å².